The molecule has 1 aliphatic rings. The van der Waals surface area contributed by atoms with Gasteiger partial charge in [0.15, 0.2) is 0 Å². The number of nitrogens with zero attached hydrogens (tertiary/aromatic N) is 1. The topological polar surface area (TPSA) is 69.2 Å². The van der Waals surface area contributed by atoms with Gasteiger partial charge < -0.3 is 9.45 Å². The fourth-order valence-corrected chi connectivity index (χ4v) is 0.370. The summed E-state index contributed by atoms with van der Waals surface area (Å²) in [7, 11) is 2.13. The Labute approximate surface area is 57.4 Å². The molecule has 1 saturated heterocycles. The lowest BCUT2D eigenvalue weighted by Gasteiger charge is -1.85. The third kappa shape index (κ3) is 8.03. The van der Waals surface area contributed by atoms with Crippen LogP contribution in [-0.2, 0) is 11.3 Å². The van der Waals surface area contributed by atoms with Crippen molar-refractivity contribution in [3.05, 3.63) is 0 Å². The molecule has 5 heteroatoms. The molecular weight excluding hydrogens is 140 g/mol. The van der Waals surface area contributed by atoms with Gasteiger partial charge in [-0.2, -0.15) is 0 Å². The second kappa shape index (κ2) is 3.94. The van der Waals surface area contributed by atoms with E-state index in [4.69, 9.17) is 8.76 Å². The van der Waals surface area contributed by atoms with Gasteiger partial charge in [-0.05, 0) is 14.0 Å². The SMILES string of the molecule is CC1CN1C.NS(=O)[O-]. The molecule has 0 bridgehead atoms. The molecule has 9 heavy (non-hydrogen) atoms. The first-order chi connectivity index (χ1) is 4.04. The first kappa shape index (κ1) is 9.03. The molecule has 4 nitrogen and oxygen atoms in total. The van der Waals surface area contributed by atoms with Gasteiger partial charge in [0.05, 0.1) is 0 Å². The standard InChI is InChI=1S/C4H9N.H3NO2S/c1-4-3-5(4)2;1-4(2)3/h4H,3H2,1-2H3;1H2,(H,2,3)/p-1. The van der Waals surface area contributed by atoms with Gasteiger partial charge in [0, 0.05) is 23.9 Å². The maximum atomic E-state index is 8.78. The van der Waals surface area contributed by atoms with Gasteiger partial charge in [-0.25, -0.2) is 0 Å². The van der Waals surface area contributed by atoms with Gasteiger partial charge >= 0.3 is 0 Å². The average Bonchev–Trinajstić information content (AvgIpc) is 2.16. The molecule has 0 spiro atoms. The van der Waals surface area contributed by atoms with Gasteiger partial charge in [0.25, 0.3) is 0 Å². The van der Waals surface area contributed by atoms with E-state index in [1.54, 1.807) is 0 Å². The fraction of sp³-hybridized carbons (Fsp3) is 1.00. The molecule has 0 amide bonds. The van der Waals surface area contributed by atoms with Gasteiger partial charge in [-0.15, -0.1) is 0 Å². The molecule has 0 aromatic carbocycles. The molecule has 2 N–H and O–H groups in total. The van der Waals surface area contributed by atoms with Crippen molar-refractivity contribution in [1.82, 2.24) is 4.90 Å². The lowest BCUT2D eigenvalue weighted by molar-refractivity contribution is 0.539. The second-order valence-corrected chi connectivity index (χ2v) is 2.57. The van der Waals surface area contributed by atoms with E-state index in [0.29, 0.717) is 0 Å². The van der Waals surface area contributed by atoms with Crippen molar-refractivity contribution in [3.8, 4) is 0 Å². The predicted octanol–water partition coefficient (Wildman–Crippen LogP) is -0.940. The van der Waals surface area contributed by atoms with Crippen LogP contribution in [0.5, 0.6) is 0 Å². The lowest BCUT2D eigenvalue weighted by Crippen LogP contribution is -1.97. The Morgan fingerprint density at radius 3 is 2.00 bits per heavy atom. The smallest absolute Gasteiger partial charge is 0.0192 e. The van der Waals surface area contributed by atoms with Crippen molar-refractivity contribution in [2.45, 2.75) is 13.0 Å². The molecule has 0 saturated carbocycles. The molecule has 0 radical (unpaired) electrons. The van der Waals surface area contributed by atoms with Crippen LogP contribution in [0, 0.1) is 0 Å². The summed E-state index contributed by atoms with van der Waals surface area (Å²) in [6.45, 7) is 3.53. The Morgan fingerprint density at radius 2 is 2.00 bits per heavy atom. The Bertz CT molecular complexity index is 98.7. The van der Waals surface area contributed by atoms with Gasteiger partial charge in [-0.3, -0.25) is 9.35 Å². The number of hydrogen-bond acceptors (Lipinski definition) is 3. The van der Waals surface area contributed by atoms with E-state index in [9.17, 15) is 0 Å². The predicted molar refractivity (Wildman–Crippen MR) is 35.2 cm³/mol. The highest BCUT2D eigenvalue weighted by Crippen LogP contribution is 2.09. The van der Waals surface area contributed by atoms with Gasteiger partial charge in [-0.1, -0.05) is 0 Å². The highest BCUT2D eigenvalue weighted by molar-refractivity contribution is 7.76. The van der Waals surface area contributed by atoms with E-state index in [1.807, 2.05) is 0 Å². The summed E-state index contributed by atoms with van der Waals surface area (Å²) in [5.41, 5.74) is 0. The van der Waals surface area contributed by atoms with Crippen molar-refractivity contribution >= 4 is 11.3 Å². The quantitative estimate of drug-likeness (QED) is 0.359. The van der Waals surface area contributed by atoms with Gasteiger partial charge in [0.1, 0.15) is 0 Å². The van der Waals surface area contributed by atoms with Crippen LogP contribution in [0.4, 0.5) is 0 Å². The first-order valence-electron chi connectivity index (χ1n) is 2.58. The molecular formula is C4H11N2O2S-. The minimum atomic E-state index is -2.36. The molecule has 3 atom stereocenters. The normalized spacial score (nSPS) is 34.2. The Kier molecular flexibility index (Phi) is 3.96. The van der Waals surface area contributed by atoms with Crippen LogP contribution in [0.15, 0.2) is 0 Å². The molecule has 0 aromatic heterocycles. The summed E-state index contributed by atoms with van der Waals surface area (Å²) in [5.74, 6) is 0. The van der Waals surface area contributed by atoms with Crippen LogP contribution in [0.1, 0.15) is 6.92 Å². The molecule has 0 aliphatic carbocycles. The first-order valence-corrected chi connectivity index (χ1v) is 3.71. The molecule has 1 aliphatic heterocycles. The maximum Gasteiger partial charge on any atom is 0.0192 e. The summed E-state index contributed by atoms with van der Waals surface area (Å²) in [4.78, 5) is 2.29. The van der Waals surface area contributed by atoms with E-state index < -0.39 is 11.3 Å². The van der Waals surface area contributed by atoms with Crippen LogP contribution in [0.3, 0.4) is 0 Å². The van der Waals surface area contributed by atoms with E-state index in [1.165, 1.54) is 6.54 Å². The molecule has 3 unspecified atom stereocenters. The summed E-state index contributed by atoms with van der Waals surface area (Å²) in [5, 5.41) is 4.03. The number of likely N-dealkylation sites (N-methyl/N-ethyl adjacent to an activating group) is 1. The van der Waals surface area contributed by atoms with Crippen molar-refractivity contribution in [2.24, 2.45) is 5.14 Å². The second-order valence-electron chi connectivity index (χ2n) is 2.05. The van der Waals surface area contributed by atoms with Crippen molar-refractivity contribution in [3.63, 3.8) is 0 Å². The summed E-state index contributed by atoms with van der Waals surface area (Å²) < 4.78 is 17.6. The molecule has 1 rings (SSSR count). The third-order valence-electron chi connectivity index (χ3n) is 1.17. The zero-order valence-corrected chi connectivity index (χ0v) is 6.35. The van der Waals surface area contributed by atoms with E-state index in [-0.39, 0.29) is 0 Å². The van der Waals surface area contributed by atoms with Crippen LogP contribution < -0.4 is 5.14 Å². The number of hydrogen-bond donors (Lipinski definition) is 1. The van der Waals surface area contributed by atoms with Crippen LogP contribution in [-0.4, -0.2) is 33.3 Å². The third-order valence-corrected chi connectivity index (χ3v) is 1.17. The minimum Gasteiger partial charge on any atom is -0.760 e. The molecule has 0 aromatic rings. The largest absolute Gasteiger partial charge is 0.760 e. The number of rotatable bonds is 0. The Balaban J connectivity index is 0.000000148. The fourth-order valence-electron chi connectivity index (χ4n) is 0.370. The van der Waals surface area contributed by atoms with Crippen molar-refractivity contribution < 1.29 is 8.76 Å². The average molecular weight is 151 g/mol. The van der Waals surface area contributed by atoms with Crippen LogP contribution in [0.2, 0.25) is 0 Å². The van der Waals surface area contributed by atoms with E-state index >= 15 is 0 Å². The maximum absolute atomic E-state index is 8.78. The molecule has 56 valence electrons. The van der Waals surface area contributed by atoms with Crippen molar-refractivity contribution in [1.29, 1.82) is 0 Å². The summed E-state index contributed by atoms with van der Waals surface area (Å²) in [6.07, 6.45) is 0. The Hall–Kier alpha value is 0.0300. The minimum absolute atomic E-state index is 0.884. The zero-order valence-electron chi connectivity index (χ0n) is 5.53. The molecule has 1 heterocycles. The summed E-state index contributed by atoms with van der Waals surface area (Å²) >= 11 is -2.36. The highest BCUT2D eigenvalue weighted by atomic mass is 32.2. The van der Waals surface area contributed by atoms with Crippen LogP contribution in [0.25, 0.3) is 0 Å². The number of nitrogens with two attached hydrogens (primary N) is 1. The van der Waals surface area contributed by atoms with Crippen molar-refractivity contribution in [2.75, 3.05) is 13.6 Å². The molecule has 1 fully saturated rings. The van der Waals surface area contributed by atoms with E-state index in [2.05, 4.69) is 24.0 Å². The van der Waals surface area contributed by atoms with Gasteiger partial charge in [0.2, 0.25) is 0 Å². The van der Waals surface area contributed by atoms with E-state index in [0.717, 1.165) is 6.04 Å². The highest BCUT2D eigenvalue weighted by Gasteiger charge is 2.22. The van der Waals surface area contributed by atoms with Crippen LogP contribution >= 0.6 is 0 Å². The lowest BCUT2D eigenvalue weighted by atomic mass is 10.6. The summed E-state index contributed by atoms with van der Waals surface area (Å²) in [6, 6.07) is 0.884. The zero-order chi connectivity index (χ0) is 7.44. The monoisotopic (exact) mass is 151 g/mol. The Morgan fingerprint density at radius 1 is 1.89 bits per heavy atom.